The number of nitrogens with one attached hydrogen (secondary N) is 2. The quantitative estimate of drug-likeness (QED) is 0.614. The van der Waals surface area contributed by atoms with Crippen molar-refractivity contribution in [1.29, 1.82) is 0 Å². The largest absolute Gasteiger partial charge is 0.368 e. The summed E-state index contributed by atoms with van der Waals surface area (Å²) in [6.45, 7) is 5.87. The predicted octanol–water partition coefficient (Wildman–Crippen LogP) is 4.43. The highest BCUT2D eigenvalue weighted by Crippen LogP contribution is 2.28. The first-order chi connectivity index (χ1) is 11.6. The molecule has 3 rings (SSSR count). The van der Waals surface area contributed by atoms with E-state index in [2.05, 4.69) is 62.5 Å². The second kappa shape index (κ2) is 7.57. The Balaban J connectivity index is 1.73. The normalized spacial score (nSPS) is 11.0. The molecule has 0 atom stereocenters. The van der Waals surface area contributed by atoms with Crippen molar-refractivity contribution < 1.29 is 0 Å². The highest BCUT2D eigenvalue weighted by Gasteiger charge is 2.10. The summed E-state index contributed by atoms with van der Waals surface area (Å²) in [6, 6.07) is 8.38. The van der Waals surface area contributed by atoms with Crippen molar-refractivity contribution in [2.75, 3.05) is 23.7 Å². The summed E-state index contributed by atoms with van der Waals surface area (Å²) in [5, 5.41) is 7.83. The van der Waals surface area contributed by atoms with E-state index in [-0.39, 0.29) is 0 Å². The lowest BCUT2D eigenvalue weighted by atomic mass is 10.0. The van der Waals surface area contributed by atoms with Gasteiger partial charge in [0.05, 0.1) is 11.7 Å². The molecule has 6 heteroatoms. The zero-order valence-corrected chi connectivity index (χ0v) is 15.3. The third-order valence-corrected chi connectivity index (χ3v) is 4.21. The minimum Gasteiger partial charge on any atom is -0.368 e. The number of anilines is 2. The van der Waals surface area contributed by atoms with Gasteiger partial charge in [-0.2, -0.15) is 0 Å². The van der Waals surface area contributed by atoms with Crippen molar-refractivity contribution in [1.82, 2.24) is 15.0 Å². The van der Waals surface area contributed by atoms with Gasteiger partial charge < -0.3 is 10.6 Å². The van der Waals surface area contributed by atoms with Gasteiger partial charge in [0, 0.05) is 35.3 Å². The zero-order valence-electron chi connectivity index (χ0n) is 13.8. The van der Waals surface area contributed by atoms with E-state index in [1.165, 1.54) is 5.56 Å². The van der Waals surface area contributed by atoms with Gasteiger partial charge in [0.25, 0.3) is 0 Å². The van der Waals surface area contributed by atoms with Gasteiger partial charge in [-0.05, 0) is 35.7 Å². The predicted molar refractivity (Wildman–Crippen MR) is 103 cm³/mol. The summed E-state index contributed by atoms with van der Waals surface area (Å²) >= 11 is 3.52. The molecule has 24 heavy (non-hydrogen) atoms. The Morgan fingerprint density at radius 3 is 2.67 bits per heavy atom. The lowest BCUT2D eigenvalue weighted by molar-refractivity contribution is 0.860. The van der Waals surface area contributed by atoms with Crippen LogP contribution in [-0.4, -0.2) is 28.0 Å². The SMILES string of the molecule is CC(C)c1cc2cc(Br)ccc2nc1NCCNc1cnccn1. The van der Waals surface area contributed by atoms with Crippen LogP contribution >= 0.6 is 15.9 Å². The molecule has 0 fully saturated rings. The summed E-state index contributed by atoms with van der Waals surface area (Å²) in [5.74, 6) is 2.12. The van der Waals surface area contributed by atoms with Gasteiger partial charge in [-0.3, -0.25) is 4.98 Å². The molecule has 0 aliphatic rings. The highest BCUT2D eigenvalue weighted by atomic mass is 79.9. The minimum atomic E-state index is 0.399. The van der Waals surface area contributed by atoms with Crippen LogP contribution in [-0.2, 0) is 0 Å². The van der Waals surface area contributed by atoms with Crippen molar-refractivity contribution in [2.45, 2.75) is 19.8 Å². The molecule has 1 aromatic carbocycles. The van der Waals surface area contributed by atoms with E-state index < -0.39 is 0 Å². The number of nitrogens with zero attached hydrogens (tertiary/aromatic N) is 3. The fourth-order valence-corrected chi connectivity index (χ4v) is 2.89. The van der Waals surface area contributed by atoms with E-state index in [4.69, 9.17) is 4.98 Å². The molecule has 3 aromatic rings. The van der Waals surface area contributed by atoms with Gasteiger partial charge in [0.1, 0.15) is 11.6 Å². The molecule has 2 heterocycles. The van der Waals surface area contributed by atoms with Crippen LogP contribution in [0, 0.1) is 0 Å². The number of benzene rings is 1. The molecule has 0 radical (unpaired) electrons. The first-order valence-corrected chi connectivity index (χ1v) is 8.77. The Labute approximate surface area is 150 Å². The maximum Gasteiger partial charge on any atom is 0.144 e. The van der Waals surface area contributed by atoms with E-state index in [9.17, 15) is 0 Å². The van der Waals surface area contributed by atoms with Gasteiger partial charge >= 0.3 is 0 Å². The number of aromatic nitrogens is 3. The second-order valence-corrected chi connectivity index (χ2v) is 6.78. The van der Waals surface area contributed by atoms with Crippen molar-refractivity contribution in [3.05, 3.63) is 52.9 Å². The molecule has 0 aliphatic heterocycles. The third kappa shape index (κ3) is 4.00. The summed E-state index contributed by atoms with van der Waals surface area (Å²) in [6.07, 6.45) is 5.05. The van der Waals surface area contributed by atoms with Crippen molar-refractivity contribution in [3.63, 3.8) is 0 Å². The topological polar surface area (TPSA) is 62.7 Å². The summed E-state index contributed by atoms with van der Waals surface area (Å²) < 4.78 is 1.07. The molecular formula is C18H20BrN5. The molecule has 2 aromatic heterocycles. The zero-order chi connectivity index (χ0) is 16.9. The van der Waals surface area contributed by atoms with Crippen LogP contribution in [0.15, 0.2) is 47.3 Å². The van der Waals surface area contributed by atoms with Crippen LogP contribution in [0.1, 0.15) is 25.3 Å². The van der Waals surface area contributed by atoms with Crippen molar-refractivity contribution >= 4 is 38.5 Å². The van der Waals surface area contributed by atoms with Crippen molar-refractivity contribution in [2.24, 2.45) is 0 Å². The Kier molecular flexibility index (Phi) is 5.25. The van der Waals surface area contributed by atoms with E-state index in [0.717, 1.165) is 40.1 Å². The van der Waals surface area contributed by atoms with Crippen LogP contribution in [0.5, 0.6) is 0 Å². The first kappa shape index (κ1) is 16.6. The monoisotopic (exact) mass is 385 g/mol. The Morgan fingerprint density at radius 2 is 1.92 bits per heavy atom. The van der Waals surface area contributed by atoms with Gasteiger partial charge in [-0.15, -0.1) is 0 Å². The number of pyridine rings is 1. The summed E-state index contributed by atoms with van der Waals surface area (Å²) in [7, 11) is 0. The lowest BCUT2D eigenvalue weighted by Gasteiger charge is -2.15. The number of halogens is 1. The summed E-state index contributed by atoms with van der Waals surface area (Å²) in [4.78, 5) is 13.0. The van der Waals surface area contributed by atoms with E-state index in [0.29, 0.717) is 5.92 Å². The summed E-state index contributed by atoms with van der Waals surface area (Å²) in [5.41, 5.74) is 2.21. The number of rotatable bonds is 6. The van der Waals surface area contributed by atoms with Gasteiger partial charge in [0.2, 0.25) is 0 Å². The minimum absolute atomic E-state index is 0.399. The molecule has 124 valence electrons. The average molecular weight is 386 g/mol. The molecule has 0 aliphatic carbocycles. The van der Waals surface area contributed by atoms with Crippen LogP contribution < -0.4 is 10.6 Å². The van der Waals surface area contributed by atoms with E-state index in [1.807, 2.05) is 12.1 Å². The molecule has 5 nitrogen and oxygen atoms in total. The molecular weight excluding hydrogens is 366 g/mol. The van der Waals surface area contributed by atoms with Gasteiger partial charge in [0.15, 0.2) is 0 Å². The highest BCUT2D eigenvalue weighted by molar-refractivity contribution is 9.10. The maximum absolute atomic E-state index is 4.79. The first-order valence-electron chi connectivity index (χ1n) is 7.97. The molecule has 2 N–H and O–H groups in total. The maximum atomic E-state index is 4.79. The van der Waals surface area contributed by atoms with Gasteiger partial charge in [-0.25, -0.2) is 9.97 Å². The fourth-order valence-electron chi connectivity index (χ4n) is 2.51. The fraction of sp³-hybridized carbons (Fsp3) is 0.278. The Bertz CT molecular complexity index is 820. The van der Waals surface area contributed by atoms with E-state index >= 15 is 0 Å². The second-order valence-electron chi connectivity index (χ2n) is 5.86. The van der Waals surface area contributed by atoms with Crippen LogP contribution in [0.25, 0.3) is 10.9 Å². The molecule has 0 bridgehead atoms. The molecule has 0 saturated carbocycles. The Morgan fingerprint density at radius 1 is 1.08 bits per heavy atom. The van der Waals surface area contributed by atoms with Crippen LogP contribution in [0.2, 0.25) is 0 Å². The molecule has 0 unspecified atom stereocenters. The van der Waals surface area contributed by atoms with Crippen LogP contribution in [0.4, 0.5) is 11.6 Å². The third-order valence-electron chi connectivity index (χ3n) is 3.72. The van der Waals surface area contributed by atoms with Gasteiger partial charge in [-0.1, -0.05) is 29.8 Å². The molecule has 0 amide bonds. The van der Waals surface area contributed by atoms with Crippen LogP contribution in [0.3, 0.4) is 0 Å². The Hall–Kier alpha value is -2.21. The molecule has 0 spiro atoms. The standard InChI is InChI=1S/C18H20BrN5/c1-12(2)15-10-13-9-14(19)3-4-16(13)24-18(15)23-8-7-22-17-11-20-5-6-21-17/h3-6,9-12H,7-8H2,1-2H3,(H,21,22)(H,23,24). The smallest absolute Gasteiger partial charge is 0.144 e. The molecule has 0 saturated heterocycles. The average Bonchev–Trinajstić information content (AvgIpc) is 2.59. The van der Waals surface area contributed by atoms with Crippen molar-refractivity contribution in [3.8, 4) is 0 Å². The van der Waals surface area contributed by atoms with E-state index in [1.54, 1.807) is 18.6 Å². The number of hydrogen-bond donors (Lipinski definition) is 2. The number of fused-ring (bicyclic) bond motifs is 1. The number of hydrogen-bond acceptors (Lipinski definition) is 5. The lowest BCUT2D eigenvalue weighted by Crippen LogP contribution is -2.16.